The van der Waals surface area contributed by atoms with E-state index < -0.39 is 12.1 Å². The van der Waals surface area contributed by atoms with Crippen LogP contribution in [0, 0.1) is 11.8 Å². The van der Waals surface area contributed by atoms with Crippen molar-refractivity contribution in [2.45, 2.75) is 94.0 Å². The SMILES string of the molecule is O=C(NC(c1ccccc1)c1ccccc1)[C@@H]1C[C@@H]2CCC[C@@H]2[N+]1(O)CCC[N+]1(O)[C@H](C(=O)NC(c2ccccc2)c2ccccc2)C[C@@H]2CCC[C@@H]21. The molecule has 0 aromatic heterocycles. The Kier molecular flexibility index (Phi) is 10.2. The standard InChI is InChI=1S/C45H52N4O4/c50-44(46-42(32-16-5-1-6-17-32)33-18-7-2-8-19-33)40-30-36-24-13-26-38(36)48(40,52)28-15-29-49(53)39-27-14-25-37(39)31-41(49)45(51)47-43(34-20-9-3-10-21-34)35-22-11-4-12-23-35/h1-12,16-23,36-43,52-53H,13-15,24-31H2/p+2/t36-,37-,38-,39-,40-,41-,48?,49?/m0/s1. The fourth-order valence-corrected chi connectivity index (χ4v) is 10.8. The molecule has 2 heterocycles. The lowest BCUT2D eigenvalue weighted by atomic mass is 9.97. The van der Waals surface area contributed by atoms with Gasteiger partial charge in [0, 0.05) is 37.5 Å². The van der Waals surface area contributed by atoms with Gasteiger partial charge in [0.2, 0.25) is 0 Å². The lowest BCUT2D eigenvalue weighted by Gasteiger charge is -2.39. The molecule has 4 aromatic rings. The second-order valence-electron chi connectivity index (χ2n) is 16.1. The van der Waals surface area contributed by atoms with Crippen molar-refractivity contribution in [3.63, 3.8) is 0 Å². The zero-order valence-corrected chi connectivity index (χ0v) is 30.5. The number of benzene rings is 4. The molecule has 4 aliphatic rings. The molecule has 0 spiro atoms. The molecule has 4 N–H and O–H groups in total. The molecule has 2 aliphatic heterocycles. The van der Waals surface area contributed by atoms with Gasteiger partial charge in [-0.3, -0.25) is 9.59 Å². The molecule has 2 saturated carbocycles. The first-order chi connectivity index (χ1) is 25.8. The van der Waals surface area contributed by atoms with Gasteiger partial charge in [-0.05, 0) is 47.9 Å². The van der Waals surface area contributed by atoms with Crippen LogP contribution in [-0.4, -0.2) is 68.8 Å². The number of carbonyl (C=O) groups is 2. The number of hydrogen-bond donors (Lipinski definition) is 4. The summed E-state index contributed by atoms with van der Waals surface area (Å²) in [7, 11) is 0. The van der Waals surface area contributed by atoms with Gasteiger partial charge < -0.3 is 10.6 Å². The van der Waals surface area contributed by atoms with E-state index in [9.17, 15) is 20.0 Å². The maximum Gasteiger partial charge on any atom is 0.282 e. The second kappa shape index (κ2) is 15.2. The minimum absolute atomic E-state index is 0.000742. The molecule has 2 amide bonds. The molecular weight excluding hydrogens is 661 g/mol. The lowest BCUT2D eigenvalue weighted by Crippen LogP contribution is -2.62. The van der Waals surface area contributed by atoms with E-state index in [1.807, 2.05) is 121 Å². The molecule has 4 fully saturated rings. The van der Waals surface area contributed by atoms with Gasteiger partial charge in [0.1, 0.15) is 25.2 Å². The average Bonchev–Trinajstić information content (AvgIpc) is 3.98. The number of amides is 2. The molecule has 276 valence electrons. The highest BCUT2D eigenvalue weighted by molar-refractivity contribution is 5.82. The van der Waals surface area contributed by atoms with Crippen molar-refractivity contribution in [3.05, 3.63) is 144 Å². The number of quaternary nitrogens is 2. The van der Waals surface area contributed by atoms with Crippen molar-refractivity contribution in [3.8, 4) is 0 Å². The van der Waals surface area contributed by atoms with Crippen molar-refractivity contribution in [2.24, 2.45) is 11.8 Å². The summed E-state index contributed by atoms with van der Waals surface area (Å²) in [6, 6.07) is 38.2. The maximum absolute atomic E-state index is 14.4. The quantitative estimate of drug-likeness (QED) is 0.114. The van der Waals surface area contributed by atoms with Gasteiger partial charge in [0.25, 0.3) is 11.8 Å². The van der Waals surface area contributed by atoms with E-state index in [0.29, 0.717) is 32.4 Å². The van der Waals surface area contributed by atoms with Crippen molar-refractivity contribution >= 4 is 11.8 Å². The first-order valence-electron chi connectivity index (χ1n) is 19.9. The molecular formula is C45H54N4O4+2. The number of rotatable bonds is 12. The fraction of sp³-hybridized carbons (Fsp3) is 0.422. The summed E-state index contributed by atoms with van der Waals surface area (Å²) >= 11 is 0. The maximum atomic E-state index is 14.4. The van der Waals surface area contributed by atoms with Crippen molar-refractivity contribution in [2.75, 3.05) is 13.1 Å². The summed E-state index contributed by atoms with van der Waals surface area (Å²) in [6.45, 7) is 0.729. The van der Waals surface area contributed by atoms with Crippen molar-refractivity contribution < 1.29 is 29.3 Å². The predicted molar refractivity (Wildman–Crippen MR) is 203 cm³/mol. The molecule has 53 heavy (non-hydrogen) atoms. The van der Waals surface area contributed by atoms with Crippen LogP contribution in [0.25, 0.3) is 0 Å². The summed E-state index contributed by atoms with van der Waals surface area (Å²) in [4.78, 5) is 28.7. The third-order valence-electron chi connectivity index (χ3n) is 13.3. The van der Waals surface area contributed by atoms with Gasteiger partial charge in [-0.25, -0.2) is 10.4 Å². The van der Waals surface area contributed by atoms with Gasteiger partial charge in [-0.2, -0.15) is 9.29 Å². The molecule has 8 heteroatoms. The fourth-order valence-electron chi connectivity index (χ4n) is 10.8. The summed E-state index contributed by atoms with van der Waals surface area (Å²) < 4.78 is -0.580. The van der Waals surface area contributed by atoms with Crippen molar-refractivity contribution in [1.82, 2.24) is 10.6 Å². The average molecular weight is 715 g/mol. The number of fused-ring (bicyclic) bond motifs is 2. The van der Waals surface area contributed by atoms with Crippen LogP contribution in [0.4, 0.5) is 0 Å². The molecule has 0 bridgehead atoms. The predicted octanol–water partition coefficient (Wildman–Crippen LogP) is 7.48. The Labute approximate surface area is 313 Å². The first kappa shape index (κ1) is 35.7. The third kappa shape index (κ3) is 6.94. The molecule has 4 aromatic carbocycles. The van der Waals surface area contributed by atoms with Crippen LogP contribution in [0.3, 0.4) is 0 Å². The summed E-state index contributed by atoms with van der Waals surface area (Å²) in [6.07, 6.45) is 7.74. The van der Waals surface area contributed by atoms with Crippen LogP contribution >= 0.6 is 0 Å². The van der Waals surface area contributed by atoms with E-state index in [-0.39, 0.29) is 57.1 Å². The van der Waals surface area contributed by atoms with Gasteiger partial charge in [0.15, 0.2) is 12.1 Å². The second-order valence-corrected chi connectivity index (χ2v) is 16.1. The van der Waals surface area contributed by atoms with Crippen LogP contribution in [0.1, 0.15) is 92.1 Å². The van der Waals surface area contributed by atoms with Gasteiger partial charge in [0.05, 0.1) is 18.5 Å². The molecule has 2 saturated heterocycles. The van der Waals surface area contributed by atoms with Crippen LogP contribution < -0.4 is 10.6 Å². The number of hydrogen-bond acceptors (Lipinski definition) is 4. The highest BCUT2D eigenvalue weighted by Gasteiger charge is 2.62. The minimum atomic E-state index is -0.596. The number of hydroxylamine groups is 6. The monoisotopic (exact) mass is 714 g/mol. The van der Waals surface area contributed by atoms with E-state index in [4.69, 9.17) is 0 Å². The van der Waals surface area contributed by atoms with E-state index in [1.54, 1.807) is 0 Å². The van der Waals surface area contributed by atoms with Crippen LogP contribution in [0.2, 0.25) is 0 Å². The molecule has 2 unspecified atom stereocenters. The molecule has 8 nitrogen and oxygen atoms in total. The lowest BCUT2D eigenvalue weighted by molar-refractivity contribution is -1.14. The van der Waals surface area contributed by atoms with Gasteiger partial charge in [-0.15, -0.1) is 0 Å². The zero-order valence-electron chi connectivity index (χ0n) is 30.5. The number of carbonyl (C=O) groups excluding carboxylic acids is 2. The molecule has 0 radical (unpaired) electrons. The minimum Gasteiger partial charge on any atom is -0.340 e. The Bertz CT molecular complexity index is 1630. The highest BCUT2D eigenvalue weighted by Crippen LogP contribution is 2.48. The van der Waals surface area contributed by atoms with E-state index >= 15 is 0 Å². The van der Waals surface area contributed by atoms with Crippen molar-refractivity contribution in [1.29, 1.82) is 0 Å². The zero-order chi connectivity index (χ0) is 36.4. The Morgan fingerprint density at radius 1 is 0.528 bits per heavy atom. The number of nitrogens with one attached hydrogen (secondary N) is 2. The number of nitrogens with zero attached hydrogens (tertiary/aromatic N) is 2. The Morgan fingerprint density at radius 3 is 1.17 bits per heavy atom. The van der Waals surface area contributed by atoms with Crippen LogP contribution in [0.5, 0.6) is 0 Å². The van der Waals surface area contributed by atoms with E-state index in [0.717, 1.165) is 60.8 Å². The Morgan fingerprint density at radius 2 is 0.849 bits per heavy atom. The molecule has 8 atom stereocenters. The largest absolute Gasteiger partial charge is 0.340 e. The Balaban J connectivity index is 1.01. The van der Waals surface area contributed by atoms with Gasteiger partial charge in [-0.1, -0.05) is 121 Å². The normalized spacial score (nSPS) is 30.3. The molecule has 8 rings (SSSR count). The van der Waals surface area contributed by atoms with E-state index in [1.165, 1.54) is 0 Å². The highest BCUT2D eigenvalue weighted by atomic mass is 16.6. The van der Waals surface area contributed by atoms with E-state index in [2.05, 4.69) is 10.6 Å². The summed E-state index contributed by atoms with van der Waals surface area (Å²) in [5, 5.41) is 32.0. The Hall–Kier alpha value is -4.34. The van der Waals surface area contributed by atoms with Crippen LogP contribution in [0.15, 0.2) is 121 Å². The smallest absolute Gasteiger partial charge is 0.282 e. The topological polar surface area (TPSA) is 98.7 Å². The first-order valence-corrected chi connectivity index (χ1v) is 19.9. The third-order valence-corrected chi connectivity index (χ3v) is 13.3. The summed E-state index contributed by atoms with van der Waals surface area (Å²) in [5.74, 6) is 0.319. The summed E-state index contributed by atoms with van der Waals surface area (Å²) in [5.41, 5.74) is 4.00. The number of likely N-dealkylation sites (tertiary alicyclic amines) is 2. The molecule has 2 aliphatic carbocycles. The van der Waals surface area contributed by atoms with Gasteiger partial charge >= 0.3 is 0 Å². The van der Waals surface area contributed by atoms with Crippen LogP contribution in [-0.2, 0) is 9.59 Å².